The minimum atomic E-state index is -0.148. The summed E-state index contributed by atoms with van der Waals surface area (Å²) in [6, 6.07) is 6.99. The van der Waals surface area contributed by atoms with E-state index < -0.39 is 0 Å². The first kappa shape index (κ1) is 15.5. The van der Waals surface area contributed by atoms with E-state index in [4.69, 9.17) is 0 Å². The Bertz CT molecular complexity index is 755. The average Bonchev–Trinajstić information content (AvgIpc) is 3.34. The van der Waals surface area contributed by atoms with Crippen molar-refractivity contribution in [2.45, 2.75) is 40.0 Å². The van der Waals surface area contributed by atoms with Crippen molar-refractivity contribution in [2.24, 2.45) is 5.92 Å². The maximum atomic E-state index is 12.6. The number of hydrogen-bond donors (Lipinski definition) is 1. The Kier molecular flexibility index (Phi) is 4.03. The van der Waals surface area contributed by atoms with Crippen molar-refractivity contribution in [3.8, 4) is 0 Å². The Balaban J connectivity index is 1.78. The standard InChI is InChI=1S/C18H21N3O2/c1-4-16-11(2)20-21(12(16)3)18(23)14-7-9-15(10-8-14)19-17(22)13-5-6-13/h7-10,13H,4-6H2,1-3H3,(H,19,22). The number of benzene rings is 1. The molecule has 3 rings (SSSR count). The molecule has 1 aliphatic carbocycles. The molecule has 0 radical (unpaired) electrons. The van der Waals surface area contributed by atoms with Gasteiger partial charge >= 0.3 is 0 Å². The van der Waals surface area contributed by atoms with E-state index in [0.717, 1.165) is 41.9 Å². The predicted octanol–water partition coefficient (Wildman–Crippen LogP) is 3.10. The van der Waals surface area contributed by atoms with Gasteiger partial charge in [0, 0.05) is 22.9 Å². The molecule has 120 valence electrons. The van der Waals surface area contributed by atoms with E-state index in [2.05, 4.69) is 17.3 Å². The van der Waals surface area contributed by atoms with Gasteiger partial charge in [0.2, 0.25) is 5.91 Å². The zero-order valence-electron chi connectivity index (χ0n) is 13.7. The Hall–Kier alpha value is -2.43. The molecule has 0 bridgehead atoms. The SMILES string of the molecule is CCc1c(C)nn(C(=O)c2ccc(NC(=O)C3CC3)cc2)c1C. The van der Waals surface area contributed by atoms with E-state index in [-0.39, 0.29) is 17.7 Å². The molecule has 5 heteroatoms. The lowest BCUT2D eigenvalue weighted by molar-refractivity contribution is -0.117. The monoisotopic (exact) mass is 311 g/mol. The molecule has 0 atom stereocenters. The van der Waals surface area contributed by atoms with Crippen LogP contribution in [-0.4, -0.2) is 21.6 Å². The fraction of sp³-hybridized carbons (Fsp3) is 0.389. The van der Waals surface area contributed by atoms with Gasteiger partial charge in [0.25, 0.3) is 5.91 Å². The smallest absolute Gasteiger partial charge is 0.278 e. The van der Waals surface area contributed by atoms with Gasteiger partial charge in [-0.05, 0) is 62.9 Å². The third kappa shape index (κ3) is 3.04. The van der Waals surface area contributed by atoms with Gasteiger partial charge in [-0.3, -0.25) is 9.59 Å². The zero-order valence-corrected chi connectivity index (χ0v) is 13.7. The van der Waals surface area contributed by atoms with Gasteiger partial charge in [-0.15, -0.1) is 0 Å². The number of carbonyl (C=O) groups is 2. The first-order valence-electron chi connectivity index (χ1n) is 8.02. The highest BCUT2D eigenvalue weighted by atomic mass is 16.2. The van der Waals surface area contributed by atoms with Crippen LogP contribution in [-0.2, 0) is 11.2 Å². The van der Waals surface area contributed by atoms with Crippen molar-refractivity contribution in [3.05, 3.63) is 46.8 Å². The molecule has 5 nitrogen and oxygen atoms in total. The van der Waals surface area contributed by atoms with Crippen LogP contribution in [0.4, 0.5) is 5.69 Å². The Morgan fingerprint density at radius 3 is 2.39 bits per heavy atom. The number of amides is 1. The molecule has 1 aliphatic rings. The van der Waals surface area contributed by atoms with Crippen LogP contribution in [0.1, 0.15) is 47.1 Å². The predicted molar refractivity (Wildman–Crippen MR) is 88.6 cm³/mol. The maximum Gasteiger partial charge on any atom is 0.278 e. The lowest BCUT2D eigenvalue weighted by atomic mass is 10.1. The highest BCUT2D eigenvalue weighted by Gasteiger charge is 2.29. The van der Waals surface area contributed by atoms with Gasteiger partial charge in [-0.25, -0.2) is 4.68 Å². The summed E-state index contributed by atoms with van der Waals surface area (Å²) >= 11 is 0. The van der Waals surface area contributed by atoms with Crippen molar-refractivity contribution in [3.63, 3.8) is 0 Å². The van der Waals surface area contributed by atoms with Crippen molar-refractivity contribution < 1.29 is 9.59 Å². The molecular formula is C18H21N3O2. The number of carbonyl (C=O) groups excluding carboxylic acids is 2. The van der Waals surface area contributed by atoms with Crippen LogP contribution in [0.5, 0.6) is 0 Å². The summed E-state index contributed by atoms with van der Waals surface area (Å²) in [5, 5.41) is 7.23. The molecular weight excluding hydrogens is 290 g/mol. The summed E-state index contributed by atoms with van der Waals surface area (Å²) in [6.07, 6.45) is 2.80. The van der Waals surface area contributed by atoms with Crippen LogP contribution >= 0.6 is 0 Å². The number of rotatable bonds is 4. The molecule has 1 amide bonds. The summed E-state index contributed by atoms with van der Waals surface area (Å²) < 4.78 is 1.46. The van der Waals surface area contributed by atoms with Crippen molar-refractivity contribution in [1.82, 2.24) is 9.78 Å². The zero-order chi connectivity index (χ0) is 16.6. The van der Waals surface area contributed by atoms with Gasteiger partial charge < -0.3 is 5.32 Å². The average molecular weight is 311 g/mol. The van der Waals surface area contributed by atoms with E-state index in [9.17, 15) is 9.59 Å². The molecule has 1 fully saturated rings. The van der Waals surface area contributed by atoms with Crippen LogP contribution in [0.15, 0.2) is 24.3 Å². The molecule has 1 saturated carbocycles. The van der Waals surface area contributed by atoms with Crippen LogP contribution in [0.25, 0.3) is 0 Å². The summed E-state index contributed by atoms with van der Waals surface area (Å²) in [6.45, 7) is 5.90. The van der Waals surface area contributed by atoms with Gasteiger partial charge in [0.15, 0.2) is 0 Å². The van der Waals surface area contributed by atoms with Crippen molar-refractivity contribution in [1.29, 1.82) is 0 Å². The first-order chi connectivity index (χ1) is 11.0. The van der Waals surface area contributed by atoms with Gasteiger partial charge in [0.05, 0.1) is 5.69 Å². The number of hydrogen-bond acceptors (Lipinski definition) is 3. The first-order valence-corrected chi connectivity index (χ1v) is 8.02. The number of aromatic nitrogens is 2. The minimum absolute atomic E-state index is 0.0650. The lowest BCUT2D eigenvalue weighted by Crippen LogP contribution is -2.16. The topological polar surface area (TPSA) is 64.0 Å². The van der Waals surface area contributed by atoms with E-state index in [1.807, 2.05) is 13.8 Å². The van der Waals surface area contributed by atoms with Crippen LogP contribution in [0.2, 0.25) is 0 Å². The molecule has 0 saturated heterocycles. The highest BCUT2D eigenvalue weighted by molar-refractivity contribution is 5.97. The van der Waals surface area contributed by atoms with Gasteiger partial charge in [-0.2, -0.15) is 5.10 Å². The van der Waals surface area contributed by atoms with Gasteiger partial charge in [0.1, 0.15) is 0 Å². The normalized spacial score (nSPS) is 13.9. The second-order valence-electron chi connectivity index (χ2n) is 6.06. The molecule has 1 aromatic heterocycles. The summed E-state index contributed by atoms with van der Waals surface area (Å²) in [5.74, 6) is 0.0825. The second-order valence-corrected chi connectivity index (χ2v) is 6.06. The highest BCUT2D eigenvalue weighted by Crippen LogP contribution is 2.30. The molecule has 1 N–H and O–H groups in total. The molecule has 2 aromatic rings. The molecule has 1 aromatic carbocycles. The van der Waals surface area contributed by atoms with E-state index in [1.165, 1.54) is 4.68 Å². The Morgan fingerprint density at radius 1 is 1.22 bits per heavy atom. The van der Waals surface area contributed by atoms with E-state index in [0.29, 0.717) is 5.56 Å². The van der Waals surface area contributed by atoms with Crippen molar-refractivity contribution >= 4 is 17.5 Å². The summed E-state index contributed by atoms with van der Waals surface area (Å²) in [5.41, 5.74) is 4.18. The number of nitrogens with one attached hydrogen (secondary N) is 1. The quantitative estimate of drug-likeness (QED) is 0.943. The van der Waals surface area contributed by atoms with E-state index >= 15 is 0 Å². The summed E-state index contributed by atoms with van der Waals surface area (Å²) in [7, 11) is 0. The molecule has 1 heterocycles. The largest absolute Gasteiger partial charge is 0.326 e. The minimum Gasteiger partial charge on any atom is -0.326 e. The van der Waals surface area contributed by atoms with Crippen molar-refractivity contribution in [2.75, 3.05) is 5.32 Å². The fourth-order valence-electron chi connectivity index (χ4n) is 2.79. The molecule has 0 aliphatic heterocycles. The second kappa shape index (κ2) is 5.99. The Morgan fingerprint density at radius 2 is 1.87 bits per heavy atom. The molecule has 23 heavy (non-hydrogen) atoms. The number of nitrogens with zero attached hydrogens (tertiary/aromatic N) is 2. The van der Waals surface area contributed by atoms with Crippen LogP contribution < -0.4 is 5.32 Å². The molecule has 0 unspecified atom stereocenters. The third-order valence-electron chi connectivity index (χ3n) is 4.33. The Labute approximate surface area is 135 Å². The van der Waals surface area contributed by atoms with Gasteiger partial charge in [-0.1, -0.05) is 6.92 Å². The number of aryl methyl sites for hydroxylation is 1. The molecule has 0 spiro atoms. The fourth-order valence-corrected chi connectivity index (χ4v) is 2.79. The maximum absolute atomic E-state index is 12.6. The van der Waals surface area contributed by atoms with Crippen LogP contribution in [0, 0.1) is 19.8 Å². The third-order valence-corrected chi connectivity index (χ3v) is 4.33. The van der Waals surface area contributed by atoms with Crippen LogP contribution in [0.3, 0.4) is 0 Å². The number of anilines is 1. The van der Waals surface area contributed by atoms with E-state index in [1.54, 1.807) is 24.3 Å². The lowest BCUT2D eigenvalue weighted by Gasteiger charge is -2.07. The summed E-state index contributed by atoms with van der Waals surface area (Å²) in [4.78, 5) is 24.4.